The van der Waals surface area contributed by atoms with Crippen LogP contribution in [-0.4, -0.2) is 42.4 Å². The number of methoxy groups -OCH3 is 1. The average molecular weight is 398 g/mol. The van der Waals surface area contributed by atoms with Gasteiger partial charge in [-0.2, -0.15) is 0 Å². The normalized spacial score (nSPS) is 10.6. The Morgan fingerprint density at radius 1 is 1.14 bits per heavy atom. The van der Waals surface area contributed by atoms with Gasteiger partial charge in [0.05, 0.1) is 30.4 Å². The topological polar surface area (TPSA) is 71.5 Å². The Hall–Kier alpha value is -3.12. The van der Waals surface area contributed by atoms with Gasteiger partial charge in [-0.05, 0) is 55.5 Å². The molecule has 0 unspecified atom stereocenters. The van der Waals surface area contributed by atoms with Crippen molar-refractivity contribution in [2.45, 2.75) is 6.92 Å². The predicted octanol–water partition coefficient (Wildman–Crippen LogP) is 3.92. The number of amides is 2. The smallest absolute Gasteiger partial charge is 0.255 e. The van der Waals surface area contributed by atoms with Gasteiger partial charge in [0.1, 0.15) is 5.75 Å². The van der Waals surface area contributed by atoms with E-state index in [4.69, 9.17) is 16.3 Å². The number of nitrogens with zero attached hydrogens (tertiary/aromatic N) is 2. The third-order valence-electron chi connectivity index (χ3n) is 4.30. The van der Waals surface area contributed by atoms with Gasteiger partial charge in [0, 0.05) is 23.1 Å². The Morgan fingerprint density at radius 2 is 1.86 bits per heavy atom. The van der Waals surface area contributed by atoms with E-state index in [2.05, 4.69) is 10.3 Å². The van der Waals surface area contributed by atoms with Crippen LogP contribution in [0.15, 0.2) is 48.5 Å². The van der Waals surface area contributed by atoms with E-state index in [0.717, 1.165) is 10.9 Å². The van der Waals surface area contributed by atoms with Crippen LogP contribution in [0.25, 0.3) is 10.9 Å². The minimum Gasteiger partial charge on any atom is -0.497 e. The Bertz CT molecular complexity index is 1030. The number of nitrogens with one attached hydrogen (secondary N) is 1. The molecule has 144 valence electrons. The standard InChI is InChI=1S/C21H20ClN3O3/c1-13-18(11-14-10-15(22)4-9-19(14)23-13)21(27)25(2)12-20(26)24-16-5-7-17(28-3)8-6-16/h4-11H,12H2,1-3H3,(H,24,26). The van der Waals surface area contributed by atoms with E-state index in [1.165, 1.54) is 4.90 Å². The first-order chi connectivity index (χ1) is 13.4. The van der Waals surface area contributed by atoms with E-state index in [9.17, 15) is 9.59 Å². The second-order valence-corrected chi connectivity index (χ2v) is 6.83. The number of carbonyl (C=O) groups is 2. The maximum atomic E-state index is 12.8. The lowest BCUT2D eigenvalue weighted by molar-refractivity contribution is -0.116. The van der Waals surface area contributed by atoms with Gasteiger partial charge >= 0.3 is 0 Å². The first kappa shape index (κ1) is 19.6. The number of anilines is 1. The Balaban J connectivity index is 1.72. The lowest BCUT2D eigenvalue weighted by Gasteiger charge is -2.18. The highest BCUT2D eigenvalue weighted by atomic mass is 35.5. The van der Waals surface area contributed by atoms with Crippen LogP contribution in [0.4, 0.5) is 5.69 Å². The van der Waals surface area contributed by atoms with Crippen LogP contribution in [0, 0.1) is 6.92 Å². The zero-order valence-corrected chi connectivity index (χ0v) is 16.6. The fraction of sp³-hybridized carbons (Fsp3) is 0.190. The van der Waals surface area contributed by atoms with Gasteiger partial charge in [-0.25, -0.2) is 0 Å². The van der Waals surface area contributed by atoms with Crippen molar-refractivity contribution in [1.82, 2.24) is 9.88 Å². The molecule has 0 spiro atoms. The Labute approximate surface area is 168 Å². The first-order valence-electron chi connectivity index (χ1n) is 8.63. The first-order valence-corrected chi connectivity index (χ1v) is 9.01. The molecule has 28 heavy (non-hydrogen) atoms. The quantitative estimate of drug-likeness (QED) is 0.708. The number of pyridine rings is 1. The summed E-state index contributed by atoms with van der Waals surface area (Å²) in [5, 5.41) is 4.11. The van der Waals surface area contributed by atoms with Gasteiger partial charge in [-0.1, -0.05) is 11.6 Å². The third kappa shape index (κ3) is 4.40. The number of fused-ring (bicyclic) bond motifs is 1. The van der Waals surface area contributed by atoms with Gasteiger partial charge in [-0.3, -0.25) is 14.6 Å². The summed E-state index contributed by atoms with van der Waals surface area (Å²) in [5.74, 6) is 0.122. The fourth-order valence-electron chi connectivity index (χ4n) is 2.83. The lowest BCUT2D eigenvalue weighted by Crippen LogP contribution is -2.35. The Morgan fingerprint density at radius 3 is 2.54 bits per heavy atom. The third-order valence-corrected chi connectivity index (χ3v) is 4.53. The summed E-state index contributed by atoms with van der Waals surface area (Å²) in [6, 6.07) is 14.1. The summed E-state index contributed by atoms with van der Waals surface area (Å²) in [7, 11) is 3.16. The molecule has 0 saturated heterocycles. The van der Waals surface area contributed by atoms with Gasteiger partial charge in [0.25, 0.3) is 5.91 Å². The van der Waals surface area contributed by atoms with Crippen LogP contribution < -0.4 is 10.1 Å². The summed E-state index contributed by atoms with van der Waals surface area (Å²) in [6.45, 7) is 1.68. The van der Waals surface area contributed by atoms with Crippen molar-refractivity contribution >= 4 is 40.0 Å². The molecule has 2 amide bonds. The molecule has 0 fully saturated rings. The van der Waals surface area contributed by atoms with Gasteiger partial charge < -0.3 is 15.0 Å². The zero-order valence-electron chi connectivity index (χ0n) is 15.8. The van der Waals surface area contributed by atoms with Crippen LogP contribution in [0.5, 0.6) is 5.75 Å². The average Bonchev–Trinajstić information content (AvgIpc) is 2.67. The summed E-state index contributed by atoms with van der Waals surface area (Å²) < 4.78 is 5.09. The van der Waals surface area contributed by atoms with Crippen molar-refractivity contribution < 1.29 is 14.3 Å². The molecule has 0 aliphatic carbocycles. The SMILES string of the molecule is COc1ccc(NC(=O)CN(C)C(=O)c2cc3cc(Cl)ccc3nc2C)cc1. The van der Waals surface area contributed by atoms with Crippen molar-refractivity contribution in [1.29, 1.82) is 0 Å². The fourth-order valence-corrected chi connectivity index (χ4v) is 3.01. The number of ether oxygens (including phenoxy) is 1. The minimum absolute atomic E-state index is 0.0854. The largest absolute Gasteiger partial charge is 0.497 e. The van der Waals surface area contributed by atoms with Crippen LogP contribution in [-0.2, 0) is 4.79 Å². The molecule has 1 heterocycles. The predicted molar refractivity (Wildman–Crippen MR) is 110 cm³/mol. The molecule has 1 N–H and O–H groups in total. The van der Waals surface area contributed by atoms with E-state index < -0.39 is 0 Å². The van der Waals surface area contributed by atoms with Gasteiger partial charge in [0.2, 0.25) is 5.91 Å². The van der Waals surface area contributed by atoms with Crippen molar-refractivity contribution in [3.63, 3.8) is 0 Å². The summed E-state index contributed by atoms with van der Waals surface area (Å²) in [4.78, 5) is 30.9. The van der Waals surface area contributed by atoms with E-state index in [0.29, 0.717) is 27.7 Å². The molecule has 2 aromatic carbocycles. The number of halogens is 1. The monoisotopic (exact) mass is 397 g/mol. The molecule has 6 nitrogen and oxygen atoms in total. The summed E-state index contributed by atoms with van der Waals surface area (Å²) >= 11 is 6.03. The van der Waals surface area contributed by atoms with E-state index in [1.54, 1.807) is 63.5 Å². The number of hydrogen-bond donors (Lipinski definition) is 1. The second-order valence-electron chi connectivity index (χ2n) is 6.40. The second kappa shape index (κ2) is 8.27. The van der Waals surface area contributed by atoms with E-state index >= 15 is 0 Å². The molecular weight excluding hydrogens is 378 g/mol. The van der Waals surface area contributed by atoms with E-state index in [1.807, 2.05) is 6.07 Å². The molecule has 3 aromatic rings. The number of hydrogen-bond acceptors (Lipinski definition) is 4. The lowest BCUT2D eigenvalue weighted by atomic mass is 10.1. The van der Waals surface area contributed by atoms with Crippen molar-refractivity contribution in [2.75, 3.05) is 26.0 Å². The van der Waals surface area contributed by atoms with Crippen molar-refractivity contribution in [3.05, 3.63) is 64.8 Å². The molecule has 7 heteroatoms. The number of aryl methyl sites for hydroxylation is 1. The molecule has 1 aromatic heterocycles. The van der Waals surface area contributed by atoms with E-state index in [-0.39, 0.29) is 18.4 Å². The molecule has 0 bridgehead atoms. The maximum Gasteiger partial charge on any atom is 0.255 e. The summed E-state index contributed by atoms with van der Waals surface area (Å²) in [5.41, 5.74) is 2.43. The molecular formula is C21H20ClN3O3. The number of rotatable bonds is 5. The maximum absolute atomic E-state index is 12.8. The van der Waals surface area contributed by atoms with Crippen LogP contribution >= 0.6 is 11.6 Å². The minimum atomic E-state index is -0.296. The molecule has 0 radical (unpaired) electrons. The molecule has 0 aliphatic rings. The number of aromatic nitrogens is 1. The van der Waals surface area contributed by atoms with Crippen LogP contribution in [0.1, 0.15) is 16.1 Å². The molecule has 0 atom stereocenters. The number of benzene rings is 2. The van der Waals surface area contributed by atoms with Crippen molar-refractivity contribution in [2.24, 2.45) is 0 Å². The summed E-state index contributed by atoms with van der Waals surface area (Å²) in [6.07, 6.45) is 0. The molecule has 0 aliphatic heterocycles. The van der Waals surface area contributed by atoms with Gasteiger partial charge in [0.15, 0.2) is 0 Å². The number of carbonyl (C=O) groups excluding carboxylic acids is 2. The highest BCUT2D eigenvalue weighted by Gasteiger charge is 2.18. The molecule has 3 rings (SSSR count). The number of likely N-dealkylation sites (N-methyl/N-ethyl adjacent to an activating group) is 1. The van der Waals surface area contributed by atoms with Crippen LogP contribution in [0.2, 0.25) is 5.02 Å². The van der Waals surface area contributed by atoms with Gasteiger partial charge in [-0.15, -0.1) is 0 Å². The Kier molecular flexibility index (Phi) is 5.80. The van der Waals surface area contributed by atoms with Crippen LogP contribution in [0.3, 0.4) is 0 Å². The highest BCUT2D eigenvalue weighted by Crippen LogP contribution is 2.21. The zero-order chi connectivity index (χ0) is 20.3. The molecule has 0 saturated carbocycles. The highest BCUT2D eigenvalue weighted by molar-refractivity contribution is 6.31. The van der Waals surface area contributed by atoms with Crippen molar-refractivity contribution in [3.8, 4) is 5.75 Å².